The van der Waals surface area contributed by atoms with Gasteiger partial charge in [0.05, 0.1) is 12.4 Å². The molecule has 13 N–H and O–H groups in total. The van der Waals surface area contributed by atoms with Gasteiger partial charge in [0.1, 0.15) is 24.2 Å². The maximum Gasteiger partial charge on any atom is 0.326 e. The Morgan fingerprint density at radius 2 is 1.61 bits per heavy atom. The molecule has 0 bridgehead atoms. The SMILES string of the molecule is CC(O)C(N)C(=O)NC(Cc1cnc[nH]1)C(=O)NC(CCCN=C(N)N)C(=O)NC(CCC(=O)O)C(=O)O. The number of aromatic nitrogens is 2. The average Bonchev–Trinajstić information content (AvgIpc) is 3.34. The van der Waals surface area contributed by atoms with Gasteiger partial charge in [0.15, 0.2) is 5.96 Å². The molecule has 5 atom stereocenters. The summed E-state index contributed by atoms with van der Waals surface area (Å²) in [6.07, 6.45) is 0.755. The zero-order valence-electron chi connectivity index (χ0n) is 20.8. The molecule has 5 unspecified atom stereocenters. The molecule has 1 aromatic rings. The number of hydrogen-bond donors (Lipinski definition) is 10. The number of amides is 3. The Labute approximate surface area is 217 Å². The molecule has 212 valence electrons. The number of aromatic amines is 1. The highest BCUT2D eigenvalue weighted by atomic mass is 16.4. The largest absolute Gasteiger partial charge is 0.481 e. The third-order valence-electron chi connectivity index (χ3n) is 5.27. The first-order valence-corrected chi connectivity index (χ1v) is 11.6. The van der Waals surface area contributed by atoms with Gasteiger partial charge in [0.2, 0.25) is 17.7 Å². The number of nitrogens with zero attached hydrogens (tertiary/aromatic N) is 2. The molecule has 0 aliphatic carbocycles. The number of nitrogens with one attached hydrogen (secondary N) is 4. The van der Waals surface area contributed by atoms with E-state index in [0.717, 1.165) is 0 Å². The monoisotopic (exact) mass is 541 g/mol. The van der Waals surface area contributed by atoms with Crippen LogP contribution in [0.2, 0.25) is 0 Å². The molecule has 0 fully saturated rings. The summed E-state index contributed by atoms with van der Waals surface area (Å²) in [5.41, 5.74) is 16.7. The van der Waals surface area contributed by atoms with Crippen LogP contribution in [-0.4, -0.2) is 97.7 Å². The number of carboxylic acids is 2. The molecule has 3 amide bonds. The predicted molar refractivity (Wildman–Crippen MR) is 132 cm³/mol. The van der Waals surface area contributed by atoms with Gasteiger partial charge in [-0.3, -0.25) is 24.2 Å². The average molecular weight is 542 g/mol. The Balaban J connectivity index is 3.11. The maximum atomic E-state index is 13.2. The van der Waals surface area contributed by atoms with Crippen LogP contribution in [0.3, 0.4) is 0 Å². The minimum Gasteiger partial charge on any atom is -0.481 e. The van der Waals surface area contributed by atoms with Crippen molar-refractivity contribution in [1.29, 1.82) is 0 Å². The number of aliphatic carboxylic acids is 2. The number of carbonyl (C=O) groups excluding carboxylic acids is 3. The first-order valence-electron chi connectivity index (χ1n) is 11.6. The molecule has 0 aromatic carbocycles. The van der Waals surface area contributed by atoms with E-state index in [2.05, 4.69) is 30.9 Å². The first kappa shape index (κ1) is 31.8. The Hall–Kier alpha value is -4.25. The Kier molecular flexibility index (Phi) is 13.2. The number of aliphatic imine (C=N–C) groups is 1. The molecule has 1 rings (SSSR count). The normalized spacial score (nSPS) is 14.7. The van der Waals surface area contributed by atoms with E-state index in [1.54, 1.807) is 0 Å². The molecule has 17 heteroatoms. The van der Waals surface area contributed by atoms with E-state index in [-0.39, 0.29) is 38.2 Å². The molecule has 17 nitrogen and oxygen atoms in total. The van der Waals surface area contributed by atoms with E-state index in [4.69, 9.17) is 22.3 Å². The van der Waals surface area contributed by atoms with E-state index in [9.17, 15) is 34.2 Å². The summed E-state index contributed by atoms with van der Waals surface area (Å²) in [6.45, 7) is 1.40. The van der Waals surface area contributed by atoms with Gasteiger partial charge in [0, 0.05) is 31.3 Å². The molecule has 0 aliphatic heterocycles. The van der Waals surface area contributed by atoms with Crippen molar-refractivity contribution in [3.05, 3.63) is 18.2 Å². The summed E-state index contributed by atoms with van der Waals surface area (Å²) in [6, 6.07) is -5.42. The Morgan fingerprint density at radius 1 is 1.00 bits per heavy atom. The lowest BCUT2D eigenvalue weighted by molar-refractivity contribution is -0.143. The van der Waals surface area contributed by atoms with Gasteiger partial charge in [-0.25, -0.2) is 9.78 Å². The van der Waals surface area contributed by atoms with Crippen LogP contribution in [0, 0.1) is 0 Å². The van der Waals surface area contributed by atoms with Crippen molar-refractivity contribution in [2.45, 2.75) is 69.3 Å². The van der Waals surface area contributed by atoms with Gasteiger partial charge in [-0.15, -0.1) is 0 Å². The van der Waals surface area contributed by atoms with Gasteiger partial charge in [-0.05, 0) is 26.2 Å². The minimum atomic E-state index is -1.53. The smallest absolute Gasteiger partial charge is 0.326 e. The van der Waals surface area contributed by atoms with Crippen LogP contribution < -0.4 is 33.2 Å². The fourth-order valence-electron chi connectivity index (χ4n) is 3.15. The second-order valence-corrected chi connectivity index (χ2v) is 8.45. The number of carboxylic acid groups (broad SMARTS) is 2. The van der Waals surface area contributed by atoms with E-state index >= 15 is 0 Å². The van der Waals surface area contributed by atoms with E-state index in [1.165, 1.54) is 19.4 Å². The van der Waals surface area contributed by atoms with E-state index < -0.39 is 66.4 Å². The highest BCUT2D eigenvalue weighted by Gasteiger charge is 2.31. The molecule has 0 spiro atoms. The summed E-state index contributed by atoms with van der Waals surface area (Å²) in [5.74, 6) is -5.43. The fraction of sp³-hybridized carbons (Fsp3) is 0.571. The standard InChI is InChI=1S/C21H35N9O8/c1-10(31)16(22)19(36)30-14(7-11-8-25-9-27-11)18(35)28-12(3-2-6-26-21(23)24)17(34)29-13(20(37)38)4-5-15(32)33/h8-10,12-14,16,31H,2-7,22H2,1H3,(H,25,27)(H,28,35)(H,29,34)(H,30,36)(H,32,33)(H,37,38)(H4,23,24,26). The molecule has 38 heavy (non-hydrogen) atoms. The topological polar surface area (TPSA) is 301 Å². The van der Waals surface area contributed by atoms with Gasteiger partial charge < -0.3 is 53.5 Å². The number of aliphatic hydroxyl groups excluding tert-OH is 1. The van der Waals surface area contributed by atoms with Crippen LogP contribution in [0.5, 0.6) is 0 Å². The number of H-pyrrole nitrogens is 1. The number of imidazole rings is 1. The quantitative estimate of drug-likeness (QED) is 0.0514. The number of carbonyl (C=O) groups is 5. The molecule has 0 aliphatic rings. The molecule has 0 saturated heterocycles. The Morgan fingerprint density at radius 3 is 2.13 bits per heavy atom. The summed E-state index contributed by atoms with van der Waals surface area (Å²) in [4.78, 5) is 71.4. The van der Waals surface area contributed by atoms with Crippen molar-refractivity contribution in [3.63, 3.8) is 0 Å². The van der Waals surface area contributed by atoms with Crippen molar-refractivity contribution in [3.8, 4) is 0 Å². The summed E-state index contributed by atoms with van der Waals surface area (Å²) in [7, 11) is 0. The zero-order chi connectivity index (χ0) is 28.8. The zero-order valence-corrected chi connectivity index (χ0v) is 20.8. The third kappa shape index (κ3) is 11.7. The highest BCUT2D eigenvalue weighted by molar-refractivity contribution is 5.94. The number of aliphatic hydroxyl groups is 1. The van der Waals surface area contributed by atoms with Crippen LogP contribution in [0.25, 0.3) is 0 Å². The van der Waals surface area contributed by atoms with Crippen molar-refractivity contribution >= 4 is 35.6 Å². The molecular weight excluding hydrogens is 506 g/mol. The first-order chi connectivity index (χ1) is 17.8. The third-order valence-corrected chi connectivity index (χ3v) is 5.27. The fourth-order valence-corrected chi connectivity index (χ4v) is 3.15. The van der Waals surface area contributed by atoms with Gasteiger partial charge in [-0.2, -0.15) is 0 Å². The molecule has 0 saturated carbocycles. The van der Waals surface area contributed by atoms with Crippen molar-refractivity contribution < 1.29 is 39.3 Å². The minimum absolute atomic E-state index is 0.0302. The second-order valence-electron chi connectivity index (χ2n) is 8.45. The summed E-state index contributed by atoms with van der Waals surface area (Å²) < 4.78 is 0. The molecule has 0 radical (unpaired) electrons. The Bertz CT molecular complexity index is 979. The summed E-state index contributed by atoms with van der Waals surface area (Å²) >= 11 is 0. The molecule has 1 aromatic heterocycles. The molecule has 1 heterocycles. The van der Waals surface area contributed by atoms with Crippen LogP contribution >= 0.6 is 0 Å². The lowest BCUT2D eigenvalue weighted by atomic mass is 10.1. The van der Waals surface area contributed by atoms with Gasteiger partial charge >= 0.3 is 11.9 Å². The predicted octanol–water partition coefficient (Wildman–Crippen LogP) is -3.88. The van der Waals surface area contributed by atoms with Crippen LogP contribution in [0.15, 0.2) is 17.5 Å². The van der Waals surface area contributed by atoms with Gasteiger partial charge in [-0.1, -0.05) is 0 Å². The van der Waals surface area contributed by atoms with E-state index in [0.29, 0.717) is 5.69 Å². The maximum absolute atomic E-state index is 13.2. The van der Waals surface area contributed by atoms with Crippen LogP contribution in [0.4, 0.5) is 0 Å². The van der Waals surface area contributed by atoms with E-state index in [1.807, 2.05) is 0 Å². The number of guanidine groups is 1. The van der Waals surface area contributed by atoms with Crippen LogP contribution in [-0.2, 0) is 30.4 Å². The second kappa shape index (κ2) is 15.8. The summed E-state index contributed by atoms with van der Waals surface area (Å²) in [5, 5.41) is 35.0. The van der Waals surface area contributed by atoms with Gasteiger partial charge in [0.25, 0.3) is 0 Å². The van der Waals surface area contributed by atoms with Crippen molar-refractivity contribution in [2.75, 3.05) is 6.54 Å². The number of rotatable bonds is 17. The van der Waals surface area contributed by atoms with Crippen molar-refractivity contribution in [1.82, 2.24) is 25.9 Å². The van der Waals surface area contributed by atoms with Crippen LogP contribution in [0.1, 0.15) is 38.3 Å². The number of hydrogen-bond acceptors (Lipinski definition) is 9. The lowest BCUT2D eigenvalue weighted by Crippen LogP contribution is -2.58. The highest BCUT2D eigenvalue weighted by Crippen LogP contribution is 2.06. The lowest BCUT2D eigenvalue weighted by Gasteiger charge is -2.25. The van der Waals surface area contributed by atoms with Crippen molar-refractivity contribution in [2.24, 2.45) is 22.2 Å². The molecular formula is C21H35N9O8. The number of nitrogens with two attached hydrogens (primary N) is 3.